The van der Waals surface area contributed by atoms with Crippen LogP contribution in [-0.2, 0) is 4.74 Å². The van der Waals surface area contributed by atoms with Crippen LogP contribution in [0.15, 0.2) is 0 Å². The van der Waals surface area contributed by atoms with Crippen LogP contribution in [0.25, 0.3) is 0 Å². The van der Waals surface area contributed by atoms with Gasteiger partial charge in [-0.15, -0.1) is 0 Å². The van der Waals surface area contributed by atoms with Gasteiger partial charge in [0, 0.05) is 30.7 Å². The number of hydrogen-bond donors (Lipinski definition) is 2. The number of ether oxygens (including phenoxy) is 1. The van der Waals surface area contributed by atoms with E-state index in [0.29, 0.717) is 6.04 Å². The molecule has 2 fully saturated rings. The summed E-state index contributed by atoms with van der Waals surface area (Å²) in [5.74, 6) is 0.846. The van der Waals surface area contributed by atoms with Gasteiger partial charge >= 0.3 is 0 Å². The summed E-state index contributed by atoms with van der Waals surface area (Å²) in [7, 11) is 0. The highest BCUT2D eigenvalue weighted by molar-refractivity contribution is 4.93. The predicted octanol–water partition coefficient (Wildman–Crippen LogP) is 2.95. The number of piperidine rings is 1. The van der Waals surface area contributed by atoms with E-state index in [1.165, 1.54) is 45.1 Å². The summed E-state index contributed by atoms with van der Waals surface area (Å²) < 4.78 is 5.60. The van der Waals surface area contributed by atoms with Gasteiger partial charge in [0.2, 0.25) is 0 Å². The molecule has 0 radical (unpaired) electrons. The van der Waals surface area contributed by atoms with E-state index in [0.717, 1.165) is 31.7 Å². The second-order valence-corrected chi connectivity index (χ2v) is 7.44. The molecular formula is C17H34N2O. The molecule has 3 nitrogen and oxygen atoms in total. The van der Waals surface area contributed by atoms with Crippen molar-refractivity contribution in [1.82, 2.24) is 10.6 Å². The van der Waals surface area contributed by atoms with E-state index in [4.69, 9.17) is 4.74 Å². The van der Waals surface area contributed by atoms with Gasteiger partial charge in [-0.05, 0) is 45.1 Å². The molecule has 118 valence electrons. The van der Waals surface area contributed by atoms with Crippen molar-refractivity contribution in [3.63, 3.8) is 0 Å². The third-order valence-corrected chi connectivity index (χ3v) is 4.97. The maximum atomic E-state index is 5.60. The van der Waals surface area contributed by atoms with E-state index in [1.54, 1.807) is 0 Å². The zero-order valence-corrected chi connectivity index (χ0v) is 13.7. The van der Waals surface area contributed by atoms with Gasteiger partial charge in [-0.1, -0.05) is 26.7 Å². The fourth-order valence-corrected chi connectivity index (χ4v) is 3.80. The minimum Gasteiger partial charge on any atom is -0.381 e. The summed E-state index contributed by atoms with van der Waals surface area (Å²) in [6.07, 6.45) is 8.31. The fraction of sp³-hybridized carbons (Fsp3) is 1.00. The van der Waals surface area contributed by atoms with E-state index in [-0.39, 0.29) is 5.41 Å². The molecule has 3 heteroatoms. The highest BCUT2D eigenvalue weighted by Gasteiger charge is 2.34. The van der Waals surface area contributed by atoms with Crippen LogP contribution in [0, 0.1) is 11.3 Å². The summed E-state index contributed by atoms with van der Waals surface area (Å²) in [6, 6.07) is 1.48. The highest BCUT2D eigenvalue weighted by Crippen LogP contribution is 2.32. The lowest BCUT2D eigenvalue weighted by Gasteiger charge is -2.35. The largest absolute Gasteiger partial charge is 0.381 e. The van der Waals surface area contributed by atoms with Gasteiger partial charge < -0.3 is 15.4 Å². The Labute approximate surface area is 125 Å². The van der Waals surface area contributed by atoms with Crippen LogP contribution in [0.2, 0.25) is 0 Å². The van der Waals surface area contributed by atoms with Gasteiger partial charge in [-0.3, -0.25) is 0 Å². The molecule has 2 N–H and O–H groups in total. The second kappa shape index (κ2) is 7.77. The lowest BCUT2D eigenvalue weighted by atomic mass is 9.87. The summed E-state index contributed by atoms with van der Waals surface area (Å²) >= 11 is 0. The second-order valence-electron chi connectivity index (χ2n) is 7.44. The standard InChI is InChI=1S/C17H34N2O/c1-4-20-13-17(2,3)12-19-16-10-7-8-14(16)15-9-5-6-11-18-15/h14-16,18-19H,4-13H2,1-3H3. The average molecular weight is 282 g/mol. The van der Waals surface area contributed by atoms with Crippen molar-refractivity contribution in [3.05, 3.63) is 0 Å². The Morgan fingerprint density at radius 2 is 2.00 bits per heavy atom. The molecule has 0 bridgehead atoms. The Balaban J connectivity index is 1.78. The maximum absolute atomic E-state index is 5.60. The molecule has 0 spiro atoms. The third kappa shape index (κ3) is 4.71. The van der Waals surface area contributed by atoms with Crippen LogP contribution in [0.4, 0.5) is 0 Å². The van der Waals surface area contributed by atoms with Crippen LogP contribution in [-0.4, -0.2) is 38.4 Å². The van der Waals surface area contributed by atoms with Gasteiger partial charge in [-0.25, -0.2) is 0 Å². The van der Waals surface area contributed by atoms with E-state index in [1.807, 2.05) is 0 Å². The van der Waals surface area contributed by atoms with Crippen LogP contribution >= 0.6 is 0 Å². The fourth-order valence-electron chi connectivity index (χ4n) is 3.80. The Morgan fingerprint density at radius 1 is 1.15 bits per heavy atom. The van der Waals surface area contributed by atoms with E-state index in [9.17, 15) is 0 Å². The monoisotopic (exact) mass is 282 g/mol. The molecular weight excluding hydrogens is 248 g/mol. The Hall–Kier alpha value is -0.120. The lowest BCUT2D eigenvalue weighted by Crippen LogP contribution is -2.48. The van der Waals surface area contributed by atoms with Crippen molar-refractivity contribution in [2.24, 2.45) is 11.3 Å². The van der Waals surface area contributed by atoms with E-state index >= 15 is 0 Å². The molecule has 0 aromatic heterocycles. The first-order valence-electron chi connectivity index (χ1n) is 8.67. The number of nitrogens with one attached hydrogen (secondary N) is 2. The zero-order valence-electron chi connectivity index (χ0n) is 13.7. The first-order chi connectivity index (χ1) is 9.62. The predicted molar refractivity (Wildman–Crippen MR) is 85.0 cm³/mol. The van der Waals surface area contributed by atoms with Crippen LogP contribution in [0.5, 0.6) is 0 Å². The summed E-state index contributed by atoms with van der Waals surface area (Å²) in [4.78, 5) is 0. The first-order valence-corrected chi connectivity index (χ1v) is 8.67. The van der Waals surface area contributed by atoms with E-state index < -0.39 is 0 Å². The van der Waals surface area contributed by atoms with Crippen molar-refractivity contribution < 1.29 is 4.74 Å². The molecule has 1 heterocycles. The Morgan fingerprint density at radius 3 is 2.70 bits per heavy atom. The summed E-state index contributed by atoms with van der Waals surface area (Å²) in [6.45, 7) is 10.7. The normalized spacial score (nSPS) is 31.6. The molecule has 0 amide bonds. The SMILES string of the molecule is CCOCC(C)(C)CNC1CCCC1C1CCCCN1. The summed E-state index contributed by atoms with van der Waals surface area (Å²) in [5.41, 5.74) is 0.239. The van der Waals surface area contributed by atoms with Crippen molar-refractivity contribution in [3.8, 4) is 0 Å². The molecule has 0 aromatic rings. The number of hydrogen-bond acceptors (Lipinski definition) is 3. The van der Waals surface area contributed by atoms with Crippen LogP contribution in [0.1, 0.15) is 59.3 Å². The molecule has 0 aromatic carbocycles. The Kier molecular flexibility index (Phi) is 6.31. The minimum atomic E-state index is 0.239. The first kappa shape index (κ1) is 16.3. The van der Waals surface area contributed by atoms with Gasteiger partial charge in [0.25, 0.3) is 0 Å². The van der Waals surface area contributed by atoms with Crippen molar-refractivity contribution in [2.45, 2.75) is 71.4 Å². The smallest absolute Gasteiger partial charge is 0.0529 e. The molecule has 20 heavy (non-hydrogen) atoms. The highest BCUT2D eigenvalue weighted by atomic mass is 16.5. The Bertz CT molecular complexity index is 274. The molecule has 2 aliphatic rings. The van der Waals surface area contributed by atoms with Crippen molar-refractivity contribution in [1.29, 1.82) is 0 Å². The molecule has 1 saturated carbocycles. The molecule has 3 atom stereocenters. The van der Waals surface area contributed by atoms with Gasteiger partial charge in [-0.2, -0.15) is 0 Å². The van der Waals surface area contributed by atoms with Gasteiger partial charge in [0.1, 0.15) is 0 Å². The molecule has 1 aliphatic carbocycles. The van der Waals surface area contributed by atoms with Crippen molar-refractivity contribution in [2.75, 3.05) is 26.3 Å². The van der Waals surface area contributed by atoms with Crippen LogP contribution < -0.4 is 10.6 Å². The maximum Gasteiger partial charge on any atom is 0.0529 e. The summed E-state index contributed by atoms with van der Waals surface area (Å²) in [5, 5.41) is 7.62. The molecule has 1 aliphatic heterocycles. The average Bonchev–Trinajstić information content (AvgIpc) is 2.93. The van der Waals surface area contributed by atoms with Crippen LogP contribution in [0.3, 0.4) is 0 Å². The molecule has 3 unspecified atom stereocenters. The lowest BCUT2D eigenvalue weighted by molar-refractivity contribution is 0.0673. The topological polar surface area (TPSA) is 33.3 Å². The molecule has 2 rings (SSSR count). The van der Waals surface area contributed by atoms with Gasteiger partial charge in [0.15, 0.2) is 0 Å². The molecule has 1 saturated heterocycles. The van der Waals surface area contributed by atoms with Gasteiger partial charge in [0.05, 0.1) is 6.61 Å². The zero-order chi connectivity index (χ0) is 14.4. The quantitative estimate of drug-likeness (QED) is 0.753. The number of rotatable bonds is 7. The van der Waals surface area contributed by atoms with E-state index in [2.05, 4.69) is 31.4 Å². The minimum absolute atomic E-state index is 0.239. The van der Waals surface area contributed by atoms with Crippen molar-refractivity contribution >= 4 is 0 Å². The third-order valence-electron chi connectivity index (χ3n) is 4.97.